The number of benzene rings is 3. The van der Waals surface area contributed by atoms with Gasteiger partial charge in [-0.05, 0) is 34.9 Å². The molecule has 3 aromatic carbocycles. The van der Waals surface area contributed by atoms with Gasteiger partial charge in [0.15, 0.2) is 11.5 Å². The first kappa shape index (κ1) is 20.2. The summed E-state index contributed by atoms with van der Waals surface area (Å²) in [5.74, 6) is 1.05. The second-order valence-electron chi connectivity index (χ2n) is 6.46. The van der Waals surface area contributed by atoms with E-state index in [2.05, 4.69) is 0 Å². The van der Waals surface area contributed by atoms with Gasteiger partial charge in [-0.2, -0.15) is 0 Å². The molecule has 0 atom stereocenters. The van der Waals surface area contributed by atoms with Crippen LogP contribution in [-0.2, 0) is 22.7 Å². The lowest BCUT2D eigenvalue weighted by Crippen LogP contribution is -2.01. The second-order valence-corrected chi connectivity index (χ2v) is 6.46. The predicted molar refractivity (Wildman–Crippen MR) is 114 cm³/mol. The van der Waals surface area contributed by atoms with E-state index < -0.39 is 0 Å². The fraction of sp³-hybridized carbons (Fsp3) is 0.160. The lowest BCUT2D eigenvalue weighted by Gasteiger charge is -2.14. The zero-order chi connectivity index (χ0) is 20.3. The van der Waals surface area contributed by atoms with Crippen LogP contribution < -0.4 is 9.47 Å². The largest absolute Gasteiger partial charge is 0.485 e. The minimum absolute atomic E-state index is 0.238. The van der Waals surface area contributed by atoms with Crippen molar-refractivity contribution in [1.29, 1.82) is 0 Å². The number of esters is 1. The lowest BCUT2D eigenvalue weighted by atomic mass is 10.2. The van der Waals surface area contributed by atoms with Crippen molar-refractivity contribution in [2.45, 2.75) is 20.1 Å². The van der Waals surface area contributed by atoms with Crippen LogP contribution >= 0.6 is 0 Å². The van der Waals surface area contributed by atoms with Crippen molar-refractivity contribution >= 4 is 12.0 Å². The van der Waals surface area contributed by atoms with Crippen LogP contribution in [0.25, 0.3) is 6.08 Å². The van der Waals surface area contributed by atoms with Crippen LogP contribution in [0, 0.1) is 0 Å². The second kappa shape index (κ2) is 10.7. The van der Waals surface area contributed by atoms with Gasteiger partial charge >= 0.3 is 5.97 Å². The van der Waals surface area contributed by atoms with Gasteiger partial charge in [-0.15, -0.1) is 0 Å². The van der Waals surface area contributed by atoms with E-state index >= 15 is 0 Å². The molecule has 0 fully saturated rings. The molecular formula is C25H24O4. The van der Waals surface area contributed by atoms with E-state index in [1.807, 2.05) is 84.9 Å². The molecule has 0 N–H and O–H groups in total. The summed E-state index contributed by atoms with van der Waals surface area (Å²) < 4.78 is 17.0. The molecule has 3 aromatic rings. The van der Waals surface area contributed by atoms with E-state index in [9.17, 15) is 4.79 Å². The predicted octanol–water partition coefficient (Wildman–Crippen LogP) is 5.42. The first-order chi connectivity index (χ1) is 14.2. The molecule has 0 saturated heterocycles. The fourth-order valence-corrected chi connectivity index (χ4v) is 2.68. The van der Waals surface area contributed by atoms with Crippen molar-refractivity contribution in [3.63, 3.8) is 0 Å². The molecule has 4 nitrogen and oxygen atoms in total. The molecule has 4 heteroatoms. The minimum atomic E-state index is -0.300. The topological polar surface area (TPSA) is 44.8 Å². The standard InChI is InChI=1S/C25H24O4/c1-20(26)27-16-8-13-21-14-15-24(28-18-22-9-4-2-5-10-22)25(17-21)29-19-23-11-6-3-7-12-23/h2-15,17H,16,18-19H2,1H3/b13-8+. The monoisotopic (exact) mass is 388 g/mol. The summed E-state index contributed by atoms with van der Waals surface area (Å²) in [7, 11) is 0. The Bertz CT molecular complexity index is 934. The smallest absolute Gasteiger partial charge is 0.302 e. The quantitative estimate of drug-likeness (QED) is 0.459. The van der Waals surface area contributed by atoms with E-state index in [4.69, 9.17) is 14.2 Å². The summed E-state index contributed by atoms with van der Waals surface area (Å²) in [4.78, 5) is 10.9. The molecule has 148 valence electrons. The number of carbonyl (C=O) groups excluding carboxylic acids is 1. The molecule has 0 radical (unpaired) electrons. The Balaban J connectivity index is 1.73. The molecule has 0 saturated carbocycles. The van der Waals surface area contributed by atoms with Gasteiger partial charge in [0.1, 0.15) is 19.8 Å². The van der Waals surface area contributed by atoms with Crippen LogP contribution in [0.1, 0.15) is 23.6 Å². The van der Waals surface area contributed by atoms with Crippen LogP contribution in [0.15, 0.2) is 84.9 Å². The molecule has 0 aromatic heterocycles. The Morgan fingerprint density at radius 2 is 1.38 bits per heavy atom. The molecule has 0 heterocycles. The zero-order valence-electron chi connectivity index (χ0n) is 16.4. The third-order valence-electron chi connectivity index (χ3n) is 4.14. The Labute approximate surface area is 171 Å². The summed E-state index contributed by atoms with van der Waals surface area (Å²) in [6, 6.07) is 25.8. The maximum atomic E-state index is 10.9. The Morgan fingerprint density at radius 3 is 1.97 bits per heavy atom. The van der Waals surface area contributed by atoms with E-state index in [1.54, 1.807) is 6.08 Å². The number of ether oxygens (including phenoxy) is 3. The highest BCUT2D eigenvalue weighted by Gasteiger charge is 2.07. The van der Waals surface area contributed by atoms with E-state index in [1.165, 1.54) is 6.92 Å². The van der Waals surface area contributed by atoms with E-state index in [-0.39, 0.29) is 12.6 Å². The molecular weight excluding hydrogens is 364 g/mol. The van der Waals surface area contributed by atoms with Gasteiger partial charge in [-0.1, -0.05) is 72.8 Å². The highest BCUT2D eigenvalue weighted by atomic mass is 16.5. The SMILES string of the molecule is CC(=O)OC/C=C/c1ccc(OCc2ccccc2)c(OCc2ccccc2)c1. The first-order valence-corrected chi connectivity index (χ1v) is 9.48. The average molecular weight is 388 g/mol. The van der Waals surface area contributed by atoms with Crippen LogP contribution in [-0.4, -0.2) is 12.6 Å². The normalized spacial score (nSPS) is 10.7. The molecule has 0 aliphatic rings. The summed E-state index contributed by atoms with van der Waals surface area (Å²) in [6.45, 7) is 2.54. The maximum absolute atomic E-state index is 10.9. The average Bonchev–Trinajstić information content (AvgIpc) is 2.76. The molecule has 0 aliphatic heterocycles. The summed E-state index contributed by atoms with van der Waals surface area (Å²) in [6.07, 6.45) is 3.68. The number of carbonyl (C=O) groups is 1. The molecule has 29 heavy (non-hydrogen) atoms. The van der Waals surface area contributed by atoms with Crippen LogP contribution in [0.5, 0.6) is 11.5 Å². The van der Waals surface area contributed by atoms with Crippen molar-refractivity contribution in [1.82, 2.24) is 0 Å². The summed E-state index contributed by atoms with van der Waals surface area (Å²) in [5, 5.41) is 0. The van der Waals surface area contributed by atoms with E-state index in [0.717, 1.165) is 16.7 Å². The zero-order valence-corrected chi connectivity index (χ0v) is 16.4. The van der Waals surface area contributed by atoms with Gasteiger partial charge in [-0.25, -0.2) is 0 Å². The van der Waals surface area contributed by atoms with Gasteiger partial charge in [0, 0.05) is 6.92 Å². The Kier molecular flexibility index (Phi) is 7.47. The Hall–Kier alpha value is -3.53. The van der Waals surface area contributed by atoms with Gasteiger partial charge in [0.2, 0.25) is 0 Å². The van der Waals surface area contributed by atoms with Crippen LogP contribution in [0.4, 0.5) is 0 Å². The molecule has 0 unspecified atom stereocenters. The van der Waals surface area contributed by atoms with Gasteiger partial charge < -0.3 is 14.2 Å². The lowest BCUT2D eigenvalue weighted by molar-refractivity contribution is -0.139. The van der Waals surface area contributed by atoms with Crippen molar-refractivity contribution in [2.24, 2.45) is 0 Å². The third kappa shape index (κ3) is 6.85. The maximum Gasteiger partial charge on any atom is 0.302 e. The number of rotatable bonds is 9. The fourth-order valence-electron chi connectivity index (χ4n) is 2.68. The third-order valence-corrected chi connectivity index (χ3v) is 4.14. The van der Waals surface area contributed by atoms with Gasteiger partial charge in [0.05, 0.1) is 0 Å². The molecule has 0 amide bonds. The minimum Gasteiger partial charge on any atom is -0.485 e. The molecule has 3 rings (SSSR count). The highest BCUT2D eigenvalue weighted by molar-refractivity contribution is 5.66. The van der Waals surface area contributed by atoms with E-state index in [0.29, 0.717) is 24.7 Å². The van der Waals surface area contributed by atoms with Crippen molar-refractivity contribution in [3.8, 4) is 11.5 Å². The molecule has 0 bridgehead atoms. The summed E-state index contributed by atoms with van der Waals surface area (Å²) in [5.41, 5.74) is 3.11. The highest BCUT2D eigenvalue weighted by Crippen LogP contribution is 2.30. The summed E-state index contributed by atoms with van der Waals surface area (Å²) >= 11 is 0. The van der Waals surface area contributed by atoms with Crippen molar-refractivity contribution in [3.05, 3.63) is 102 Å². The van der Waals surface area contributed by atoms with Crippen LogP contribution in [0.3, 0.4) is 0 Å². The first-order valence-electron chi connectivity index (χ1n) is 9.48. The molecule has 0 aliphatic carbocycles. The number of hydrogen-bond donors (Lipinski definition) is 0. The molecule has 0 spiro atoms. The van der Waals surface area contributed by atoms with Crippen molar-refractivity contribution in [2.75, 3.05) is 6.61 Å². The van der Waals surface area contributed by atoms with Crippen molar-refractivity contribution < 1.29 is 19.0 Å². The number of hydrogen-bond acceptors (Lipinski definition) is 4. The van der Waals surface area contributed by atoms with Gasteiger partial charge in [0.25, 0.3) is 0 Å². The van der Waals surface area contributed by atoms with Crippen LogP contribution in [0.2, 0.25) is 0 Å². The van der Waals surface area contributed by atoms with Gasteiger partial charge in [-0.3, -0.25) is 4.79 Å². The Morgan fingerprint density at radius 1 is 0.793 bits per heavy atom.